The molecule has 1 aliphatic rings. The molecule has 0 radical (unpaired) electrons. The van der Waals surface area contributed by atoms with Gasteiger partial charge in [0.15, 0.2) is 0 Å². The molecule has 0 aromatic carbocycles. The van der Waals surface area contributed by atoms with Crippen LogP contribution in [-0.2, 0) is 14.3 Å². The van der Waals surface area contributed by atoms with E-state index in [1.165, 1.54) is 0 Å². The molecule has 20 heavy (non-hydrogen) atoms. The number of carboxylic acids is 1. The first-order valence-electron chi connectivity index (χ1n) is 7.12. The van der Waals surface area contributed by atoms with Gasteiger partial charge in [-0.25, -0.2) is 4.79 Å². The van der Waals surface area contributed by atoms with Gasteiger partial charge in [-0.3, -0.25) is 4.79 Å². The number of allylic oxidation sites excluding steroid dienone is 1. The quantitative estimate of drug-likeness (QED) is 0.756. The van der Waals surface area contributed by atoms with Gasteiger partial charge in [-0.2, -0.15) is 0 Å². The van der Waals surface area contributed by atoms with Crippen LogP contribution in [0, 0.1) is 11.8 Å². The van der Waals surface area contributed by atoms with Crippen molar-refractivity contribution in [3.8, 4) is 0 Å². The van der Waals surface area contributed by atoms with Crippen LogP contribution in [0.2, 0.25) is 0 Å². The third-order valence-corrected chi connectivity index (χ3v) is 3.49. The van der Waals surface area contributed by atoms with E-state index < -0.39 is 17.5 Å². The summed E-state index contributed by atoms with van der Waals surface area (Å²) in [7, 11) is 0. The molecule has 2 atom stereocenters. The Kier molecular flexibility index (Phi) is 5.20. The monoisotopic (exact) mass is 283 g/mol. The van der Waals surface area contributed by atoms with E-state index in [4.69, 9.17) is 15.6 Å². The van der Waals surface area contributed by atoms with Gasteiger partial charge in [0, 0.05) is 11.6 Å². The molecule has 5 nitrogen and oxygen atoms in total. The molecule has 0 bridgehead atoms. The predicted octanol–water partition coefficient (Wildman–Crippen LogP) is 2.45. The zero-order chi connectivity index (χ0) is 15.5. The average Bonchev–Trinajstić information content (AvgIpc) is 2.62. The molecular weight excluding hydrogens is 258 g/mol. The Labute approximate surface area is 120 Å². The number of carbonyl (C=O) groups is 2. The second kappa shape index (κ2) is 6.29. The standard InChI is InChI=1S/C15H25NO4/c1-5-6-7-9-10(14(19)20-15(2,3)4)8-11(12(9)16)13(17)18/h9-10H,5-8,16H2,1-4H3,(H,17,18). The van der Waals surface area contributed by atoms with Gasteiger partial charge >= 0.3 is 11.9 Å². The van der Waals surface area contributed by atoms with Crippen LogP contribution in [0.15, 0.2) is 11.3 Å². The fourth-order valence-electron chi connectivity index (χ4n) is 2.54. The fourth-order valence-corrected chi connectivity index (χ4v) is 2.54. The van der Waals surface area contributed by atoms with Crippen molar-refractivity contribution in [2.24, 2.45) is 17.6 Å². The Balaban J connectivity index is 2.90. The van der Waals surface area contributed by atoms with Crippen LogP contribution in [0.4, 0.5) is 0 Å². The number of ether oxygens (including phenoxy) is 1. The lowest BCUT2D eigenvalue weighted by molar-refractivity contribution is -0.161. The minimum atomic E-state index is -1.03. The van der Waals surface area contributed by atoms with Gasteiger partial charge in [0.2, 0.25) is 0 Å². The summed E-state index contributed by atoms with van der Waals surface area (Å²) in [5.74, 6) is -2.06. The SMILES string of the molecule is CCCCC1C(N)=C(C(=O)O)CC1C(=O)OC(C)(C)C. The first-order chi connectivity index (χ1) is 9.17. The Hall–Kier alpha value is -1.52. The number of hydrogen-bond acceptors (Lipinski definition) is 4. The van der Waals surface area contributed by atoms with Crippen molar-refractivity contribution in [3.63, 3.8) is 0 Å². The number of unbranched alkanes of at least 4 members (excludes halogenated alkanes) is 1. The third-order valence-electron chi connectivity index (χ3n) is 3.49. The minimum Gasteiger partial charge on any atom is -0.478 e. The summed E-state index contributed by atoms with van der Waals surface area (Å²) in [6.45, 7) is 7.46. The van der Waals surface area contributed by atoms with E-state index in [1.54, 1.807) is 20.8 Å². The van der Waals surface area contributed by atoms with E-state index in [1.807, 2.05) is 0 Å². The molecule has 0 heterocycles. The van der Waals surface area contributed by atoms with E-state index in [0.29, 0.717) is 5.70 Å². The van der Waals surface area contributed by atoms with Crippen molar-refractivity contribution in [2.45, 2.75) is 59.0 Å². The second-order valence-electron chi connectivity index (χ2n) is 6.33. The van der Waals surface area contributed by atoms with Gasteiger partial charge < -0.3 is 15.6 Å². The molecule has 0 aromatic rings. The minimum absolute atomic E-state index is 0.168. The van der Waals surface area contributed by atoms with Crippen molar-refractivity contribution in [1.82, 2.24) is 0 Å². The van der Waals surface area contributed by atoms with Gasteiger partial charge in [0.25, 0.3) is 0 Å². The summed E-state index contributed by atoms with van der Waals surface area (Å²) >= 11 is 0. The molecule has 0 saturated heterocycles. The van der Waals surface area contributed by atoms with Crippen LogP contribution in [0.3, 0.4) is 0 Å². The van der Waals surface area contributed by atoms with E-state index in [9.17, 15) is 9.59 Å². The largest absolute Gasteiger partial charge is 0.478 e. The van der Waals surface area contributed by atoms with E-state index in [-0.39, 0.29) is 23.9 Å². The number of carboxylic acid groups (broad SMARTS) is 1. The number of nitrogens with two attached hydrogens (primary N) is 1. The normalized spacial score (nSPS) is 23.0. The van der Waals surface area contributed by atoms with Crippen LogP contribution in [0.5, 0.6) is 0 Å². The summed E-state index contributed by atoms with van der Waals surface area (Å²) < 4.78 is 5.39. The molecule has 3 N–H and O–H groups in total. The van der Waals surface area contributed by atoms with Crippen LogP contribution in [-0.4, -0.2) is 22.6 Å². The first kappa shape index (κ1) is 16.5. The average molecular weight is 283 g/mol. The van der Waals surface area contributed by atoms with E-state index >= 15 is 0 Å². The van der Waals surface area contributed by atoms with E-state index in [2.05, 4.69) is 6.92 Å². The highest BCUT2D eigenvalue weighted by molar-refractivity contribution is 5.90. The van der Waals surface area contributed by atoms with Crippen molar-refractivity contribution >= 4 is 11.9 Å². The summed E-state index contributed by atoms with van der Waals surface area (Å²) in [4.78, 5) is 23.4. The maximum atomic E-state index is 12.3. The van der Waals surface area contributed by atoms with Crippen molar-refractivity contribution in [3.05, 3.63) is 11.3 Å². The summed E-state index contributed by atoms with van der Waals surface area (Å²) in [6, 6.07) is 0. The number of carbonyl (C=O) groups excluding carboxylic acids is 1. The number of esters is 1. The lowest BCUT2D eigenvalue weighted by Crippen LogP contribution is -2.32. The van der Waals surface area contributed by atoms with Crippen LogP contribution >= 0.6 is 0 Å². The van der Waals surface area contributed by atoms with Gasteiger partial charge in [0.1, 0.15) is 5.60 Å². The number of hydrogen-bond donors (Lipinski definition) is 2. The first-order valence-corrected chi connectivity index (χ1v) is 7.12. The maximum Gasteiger partial charge on any atom is 0.333 e. The second-order valence-corrected chi connectivity index (χ2v) is 6.33. The summed E-state index contributed by atoms with van der Waals surface area (Å²) in [6.07, 6.45) is 2.79. The smallest absolute Gasteiger partial charge is 0.333 e. The van der Waals surface area contributed by atoms with Crippen molar-refractivity contribution in [2.75, 3.05) is 0 Å². The molecule has 5 heteroatoms. The van der Waals surface area contributed by atoms with Crippen molar-refractivity contribution < 1.29 is 19.4 Å². The number of rotatable bonds is 5. The summed E-state index contributed by atoms with van der Waals surface area (Å²) in [5, 5.41) is 9.17. The molecule has 0 amide bonds. The Bertz CT molecular complexity index is 420. The van der Waals surface area contributed by atoms with Gasteiger partial charge in [-0.05, 0) is 33.6 Å². The molecule has 1 rings (SSSR count). The molecule has 1 aliphatic carbocycles. The van der Waals surface area contributed by atoms with Crippen molar-refractivity contribution in [1.29, 1.82) is 0 Å². The van der Waals surface area contributed by atoms with Gasteiger partial charge in [-0.1, -0.05) is 19.8 Å². The zero-order valence-electron chi connectivity index (χ0n) is 12.7. The Morgan fingerprint density at radius 1 is 1.40 bits per heavy atom. The molecule has 0 spiro atoms. The molecule has 0 fully saturated rings. The molecule has 114 valence electrons. The Morgan fingerprint density at radius 2 is 2.00 bits per heavy atom. The summed E-state index contributed by atoms with van der Waals surface area (Å²) in [5.41, 5.74) is 5.89. The fraction of sp³-hybridized carbons (Fsp3) is 0.733. The van der Waals surface area contributed by atoms with Crippen LogP contribution < -0.4 is 5.73 Å². The lowest BCUT2D eigenvalue weighted by atomic mass is 9.89. The predicted molar refractivity (Wildman–Crippen MR) is 75.8 cm³/mol. The topological polar surface area (TPSA) is 89.6 Å². The van der Waals surface area contributed by atoms with Gasteiger partial charge in [0.05, 0.1) is 11.5 Å². The van der Waals surface area contributed by atoms with E-state index in [0.717, 1.165) is 19.3 Å². The highest BCUT2D eigenvalue weighted by Crippen LogP contribution is 2.39. The van der Waals surface area contributed by atoms with Crippen LogP contribution in [0.1, 0.15) is 53.4 Å². The maximum absolute atomic E-state index is 12.3. The highest BCUT2D eigenvalue weighted by Gasteiger charge is 2.41. The molecule has 0 saturated carbocycles. The number of aliphatic carboxylic acids is 1. The molecule has 2 unspecified atom stereocenters. The molecule has 0 aliphatic heterocycles. The van der Waals surface area contributed by atoms with Gasteiger partial charge in [-0.15, -0.1) is 0 Å². The Morgan fingerprint density at radius 3 is 2.45 bits per heavy atom. The lowest BCUT2D eigenvalue weighted by Gasteiger charge is -2.25. The zero-order valence-corrected chi connectivity index (χ0v) is 12.7. The highest BCUT2D eigenvalue weighted by atomic mass is 16.6. The molecule has 0 aromatic heterocycles. The third kappa shape index (κ3) is 3.99. The molecular formula is C15H25NO4. The van der Waals surface area contributed by atoms with Crippen LogP contribution in [0.25, 0.3) is 0 Å².